The van der Waals surface area contributed by atoms with Crippen molar-refractivity contribution in [1.29, 1.82) is 0 Å². The molecule has 5 heteroatoms. The van der Waals surface area contributed by atoms with Gasteiger partial charge in [0.15, 0.2) is 0 Å². The predicted molar refractivity (Wildman–Crippen MR) is 125 cm³/mol. The third kappa shape index (κ3) is 7.64. The van der Waals surface area contributed by atoms with Crippen LogP contribution in [-0.2, 0) is 13.1 Å². The third-order valence-electron chi connectivity index (χ3n) is 6.78. The lowest BCUT2D eigenvalue weighted by Crippen LogP contribution is -2.44. The number of hydrogen-bond acceptors (Lipinski definition) is 2. The average Bonchev–Trinajstić information content (AvgIpc) is 3.09. The number of quaternary nitrogens is 1. The lowest BCUT2D eigenvalue weighted by molar-refractivity contribution is -0.947. The average molecular weight is 435 g/mol. The van der Waals surface area contributed by atoms with E-state index in [4.69, 9.17) is 0 Å². The zero-order valence-corrected chi connectivity index (χ0v) is 19.6. The van der Waals surface area contributed by atoms with Crippen LogP contribution in [-0.4, -0.2) is 39.7 Å². The van der Waals surface area contributed by atoms with E-state index in [2.05, 4.69) is 13.8 Å². The molecule has 5 nitrogen and oxygen atoms in total. The summed E-state index contributed by atoms with van der Waals surface area (Å²) in [5, 5.41) is 19.0. The van der Waals surface area contributed by atoms with Crippen LogP contribution in [0, 0.1) is 0 Å². The lowest BCUT2D eigenvalue weighted by atomic mass is 10.0. The predicted octanol–water partition coefficient (Wildman–Crippen LogP) is 6.63. The van der Waals surface area contributed by atoms with Gasteiger partial charge in [-0.3, -0.25) is 0 Å². The minimum atomic E-state index is -1.16. The highest BCUT2D eigenvalue weighted by Gasteiger charge is 2.37. The Kier molecular flexibility index (Phi) is 10.5. The molecule has 0 fully saturated rings. The zero-order chi connectivity index (χ0) is 22.7. The second kappa shape index (κ2) is 12.8. The Hall–Kier alpha value is -1.88. The molecule has 0 saturated carbocycles. The number of carboxylic acid groups (broad SMARTS) is 2. The van der Waals surface area contributed by atoms with E-state index in [-0.39, 0.29) is 11.1 Å². The van der Waals surface area contributed by atoms with Crippen LogP contribution >= 0.6 is 0 Å². The first-order valence-corrected chi connectivity index (χ1v) is 12.4. The number of aromatic carboxylic acids is 2. The minimum absolute atomic E-state index is 0.0784. The fraction of sp³-hybridized carbons (Fsp3) is 0.692. The molecular formula is C26H42NO4+. The van der Waals surface area contributed by atoms with E-state index in [0.717, 1.165) is 41.8 Å². The Morgan fingerprint density at radius 2 is 1.19 bits per heavy atom. The Balaban J connectivity index is 2.08. The molecule has 2 N–H and O–H groups in total. The number of carboxylic acids is 2. The van der Waals surface area contributed by atoms with Gasteiger partial charge in [0.05, 0.1) is 24.2 Å². The van der Waals surface area contributed by atoms with Crippen LogP contribution < -0.4 is 0 Å². The number of nitrogens with zero attached hydrogens (tertiary/aromatic N) is 1. The van der Waals surface area contributed by atoms with Crippen molar-refractivity contribution in [3.63, 3.8) is 0 Å². The van der Waals surface area contributed by atoms with E-state index in [1.54, 1.807) is 12.1 Å². The van der Waals surface area contributed by atoms with Gasteiger partial charge in [-0.1, -0.05) is 65.2 Å². The van der Waals surface area contributed by atoms with Gasteiger partial charge in [-0.05, 0) is 37.8 Å². The van der Waals surface area contributed by atoms with Gasteiger partial charge >= 0.3 is 11.9 Å². The quantitative estimate of drug-likeness (QED) is 0.174. The van der Waals surface area contributed by atoms with E-state index >= 15 is 0 Å². The highest BCUT2D eigenvalue weighted by atomic mass is 18.1. The molecular weight excluding hydrogens is 392 g/mol. The molecule has 0 aliphatic carbocycles. The van der Waals surface area contributed by atoms with Crippen LogP contribution in [0.3, 0.4) is 0 Å². The molecule has 0 amide bonds. The van der Waals surface area contributed by atoms with E-state index in [9.17, 15) is 19.8 Å². The molecule has 2 rings (SSSR count). The summed E-state index contributed by atoms with van der Waals surface area (Å²) >= 11 is 0. The van der Waals surface area contributed by atoms with Gasteiger partial charge in [-0.25, -0.2) is 9.59 Å². The first-order chi connectivity index (χ1) is 14.9. The number of benzene rings is 1. The SMILES string of the molecule is CCCCCCCC[N+]1(CCCCCCCC)Cc2cc(C(=O)O)c(C(O)=[18O])cc2C1. The van der Waals surface area contributed by atoms with Crippen LogP contribution in [0.4, 0.5) is 0 Å². The maximum Gasteiger partial charge on any atom is 0.336 e. The third-order valence-corrected chi connectivity index (χ3v) is 6.78. The Morgan fingerprint density at radius 1 is 0.774 bits per heavy atom. The fourth-order valence-corrected chi connectivity index (χ4v) is 5.00. The highest BCUT2D eigenvalue weighted by molar-refractivity contribution is 6.02. The van der Waals surface area contributed by atoms with Crippen molar-refractivity contribution in [3.05, 3.63) is 34.4 Å². The van der Waals surface area contributed by atoms with Gasteiger partial charge in [0.1, 0.15) is 13.1 Å². The number of fused-ring (bicyclic) bond motifs is 1. The molecule has 0 aromatic heterocycles. The molecule has 0 unspecified atom stereocenters. The van der Waals surface area contributed by atoms with Crippen molar-refractivity contribution in [2.24, 2.45) is 0 Å². The van der Waals surface area contributed by atoms with Gasteiger partial charge in [-0.2, -0.15) is 0 Å². The van der Waals surface area contributed by atoms with Crippen LogP contribution in [0.1, 0.15) is 123 Å². The molecule has 0 bridgehead atoms. The minimum Gasteiger partial charge on any atom is -0.478 e. The van der Waals surface area contributed by atoms with Gasteiger partial charge in [0.2, 0.25) is 0 Å². The van der Waals surface area contributed by atoms with Crippen LogP contribution in [0.25, 0.3) is 0 Å². The van der Waals surface area contributed by atoms with Crippen molar-refractivity contribution in [3.8, 4) is 0 Å². The van der Waals surface area contributed by atoms with Crippen LogP contribution in [0.5, 0.6) is 0 Å². The Labute approximate surface area is 188 Å². The smallest absolute Gasteiger partial charge is 0.336 e. The molecule has 0 saturated heterocycles. The zero-order valence-electron chi connectivity index (χ0n) is 19.6. The first kappa shape index (κ1) is 25.4. The fourth-order valence-electron chi connectivity index (χ4n) is 5.00. The van der Waals surface area contributed by atoms with Crippen LogP contribution in [0.2, 0.25) is 0 Å². The normalized spacial score (nSPS) is 14.5. The largest absolute Gasteiger partial charge is 0.478 e. The molecule has 1 aromatic rings. The number of carbonyl (C=O) groups is 2. The van der Waals surface area contributed by atoms with Crippen molar-refractivity contribution < 1.29 is 24.3 Å². The highest BCUT2D eigenvalue weighted by Crippen LogP contribution is 2.34. The molecule has 0 atom stereocenters. The van der Waals surface area contributed by atoms with Crippen LogP contribution in [0.15, 0.2) is 12.1 Å². The van der Waals surface area contributed by atoms with E-state index < -0.39 is 11.9 Å². The maximum atomic E-state index is 11.6. The standard InChI is InChI=1S/C26H41NO4/c1-3-5-7-9-11-13-15-27(16-14-12-10-8-6-4-2)19-21-17-23(25(28)29)24(26(30)31)18-22(21)20-27/h17-18H,3-16,19-20H2,1-2H3,(H-,28,29,30,31)/p+1/i28+2. The topological polar surface area (TPSA) is 74.6 Å². The molecule has 0 radical (unpaired) electrons. The summed E-state index contributed by atoms with van der Waals surface area (Å²) in [4.78, 5) is 23.2. The molecule has 1 heterocycles. The first-order valence-electron chi connectivity index (χ1n) is 12.4. The number of hydrogen-bond donors (Lipinski definition) is 2. The van der Waals surface area contributed by atoms with Gasteiger partial charge in [0, 0.05) is 11.1 Å². The summed E-state index contributed by atoms with van der Waals surface area (Å²) in [5.41, 5.74) is 1.90. The van der Waals surface area contributed by atoms with Crippen molar-refractivity contribution in [1.82, 2.24) is 0 Å². The Morgan fingerprint density at radius 3 is 1.61 bits per heavy atom. The van der Waals surface area contributed by atoms with E-state index in [1.165, 1.54) is 77.0 Å². The van der Waals surface area contributed by atoms with Gasteiger partial charge in [0.25, 0.3) is 0 Å². The molecule has 0 spiro atoms. The summed E-state index contributed by atoms with van der Waals surface area (Å²) in [5.74, 6) is -2.31. The molecule has 1 aromatic carbocycles. The second-order valence-electron chi connectivity index (χ2n) is 9.42. The van der Waals surface area contributed by atoms with E-state index in [0.29, 0.717) is 0 Å². The Bertz CT molecular complexity index is 667. The summed E-state index contributed by atoms with van der Waals surface area (Å²) in [6.07, 6.45) is 15.1. The van der Waals surface area contributed by atoms with Crippen molar-refractivity contribution >= 4 is 11.9 Å². The number of rotatable bonds is 16. The monoisotopic (exact) mass is 434 g/mol. The van der Waals surface area contributed by atoms with E-state index in [1.807, 2.05) is 0 Å². The maximum absolute atomic E-state index is 11.6. The summed E-state index contributed by atoms with van der Waals surface area (Å²) < 4.78 is 0.957. The number of unbranched alkanes of at least 4 members (excludes halogenated alkanes) is 10. The molecule has 31 heavy (non-hydrogen) atoms. The summed E-state index contributed by atoms with van der Waals surface area (Å²) in [6, 6.07) is 3.26. The molecule has 174 valence electrons. The molecule has 1 aliphatic rings. The van der Waals surface area contributed by atoms with Crippen molar-refractivity contribution in [2.75, 3.05) is 13.1 Å². The van der Waals surface area contributed by atoms with Crippen molar-refractivity contribution in [2.45, 2.75) is 104 Å². The summed E-state index contributed by atoms with van der Waals surface area (Å²) in [6.45, 7) is 8.33. The van der Waals surface area contributed by atoms with Gasteiger partial charge < -0.3 is 14.7 Å². The molecule has 1 aliphatic heterocycles. The van der Waals surface area contributed by atoms with Gasteiger partial charge in [-0.15, -0.1) is 0 Å². The lowest BCUT2D eigenvalue weighted by Gasteiger charge is -2.34. The summed E-state index contributed by atoms with van der Waals surface area (Å²) in [7, 11) is 0. The second-order valence-corrected chi connectivity index (χ2v) is 9.42.